The van der Waals surface area contributed by atoms with Crippen LogP contribution in [0.4, 0.5) is 13.6 Å². The van der Waals surface area contributed by atoms with Crippen molar-refractivity contribution in [3.63, 3.8) is 0 Å². The predicted molar refractivity (Wildman–Crippen MR) is 90.5 cm³/mol. The summed E-state index contributed by atoms with van der Waals surface area (Å²) in [5.74, 6) is -2.06. The van der Waals surface area contributed by atoms with E-state index >= 15 is 0 Å². The number of carbonyl (C=O) groups excluding carboxylic acids is 1. The Hall–Kier alpha value is -2.96. The third kappa shape index (κ3) is 3.51. The number of carbonyl (C=O) groups is 2. The van der Waals surface area contributed by atoms with Crippen molar-refractivity contribution in [2.45, 2.75) is 18.3 Å². The number of hydrogen-bond acceptors (Lipinski definition) is 3. The molecule has 0 aromatic heterocycles. The minimum atomic E-state index is -2.69. The molecule has 0 unspecified atom stereocenters. The molecule has 1 aliphatic carbocycles. The van der Waals surface area contributed by atoms with Crippen LogP contribution in [0.3, 0.4) is 0 Å². The lowest BCUT2D eigenvalue weighted by Gasteiger charge is -2.15. The molecule has 0 heterocycles. The number of fused-ring (bicyclic) bond motifs is 3. The lowest BCUT2D eigenvalue weighted by Crippen LogP contribution is -2.38. The van der Waals surface area contributed by atoms with E-state index in [1.165, 1.54) is 0 Å². The maximum absolute atomic E-state index is 13.3. The number of halogens is 2. The van der Waals surface area contributed by atoms with Gasteiger partial charge in [-0.25, -0.2) is 18.4 Å². The van der Waals surface area contributed by atoms with E-state index in [1.54, 1.807) is 0 Å². The van der Waals surface area contributed by atoms with E-state index in [0.29, 0.717) is 0 Å². The maximum Gasteiger partial charge on any atom is 0.407 e. The summed E-state index contributed by atoms with van der Waals surface area (Å²) >= 11 is 0. The molecule has 0 aliphatic heterocycles. The normalized spacial score (nSPS) is 14.8. The summed E-state index contributed by atoms with van der Waals surface area (Å²) in [5.41, 5.74) is 4.20. The molecule has 1 aliphatic rings. The van der Waals surface area contributed by atoms with Crippen LogP contribution in [0.1, 0.15) is 17.0 Å². The van der Waals surface area contributed by atoms with Crippen LogP contribution in [-0.2, 0) is 9.53 Å². The molecule has 2 aromatic rings. The molecule has 3 rings (SSSR count). The van der Waals surface area contributed by atoms with E-state index in [1.807, 2.05) is 48.5 Å². The zero-order chi connectivity index (χ0) is 18.7. The highest BCUT2D eigenvalue weighted by Gasteiger charge is 2.30. The van der Waals surface area contributed by atoms with Crippen LogP contribution >= 0.6 is 0 Å². The van der Waals surface area contributed by atoms with Crippen molar-refractivity contribution < 1.29 is 28.2 Å². The Bertz CT molecular complexity index is 781. The van der Waals surface area contributed by atoms with Crippen molar-refractivity contribution in [1.82, 2.24) is 5.32 Å². The van der Waals surface area contributed by atoms with E-state index in [0.717, 1.165) is 22.3 Å². The van der Waals surface area contributed by atoms with Crippen LogP contribution < -0.4 is 5.32 Å². The number of hydrogen-bond donors (Lipinski definition) is 2. The Labute approximate surface area is 148 Å². The fourth-order valence-corrected chi connectivity index (χ4v) is 3.09. The molecule has 0 saturated heterocycles. The molecule has 0 spiro atoms. The van der Waals surface area contributed by atoms with Gasteiger partial charge in [0.25, 0.3) is 0 Å². The molecule has 0 bridgehead atoms. The molecular formula is C19H17F2NO4. The Kier molecular flexibility index (Phi) is 5.16. The molecule has 2 atom stereocenters. The van der Waals surface area contributed by atoms with Gasteiger partial charge in [-0.05, 0) is 22.3 Å². The number of carboxylic acid groups (broad SMARTS) is 1. The summed E-state index contributed by atoms with van der Waals surface area (Å²) in [6, 6.07) is 15.6. The Morgan fingerprint density at radius 3 is 2.12 bits per heavy atom. The van der Waals surface area contributed by atoms with Crippen LogP contribution in [0.2, 0.25) is 0 Å². The van der Waals surface area contributed by atoms with Crippen molar-refractivity contribution in [2.75, 3.05) is 13.2 Å². The summed E-state index contributed by atoms with van der Waals surface area (Å²) in [5, 5.41) is 10.4. The largest absolute Gasteiger partial charge is 0.479 e. The van der Waals surface area contributed by atoms with Gasteiger partial charge >= 0.3 is 12.1 Å². The van der Waals surface area contributed by atoms with Crippen molar-refractivity contribution in [2.24, 2.45) is 0 Å². The molecular weight excluding hydrogens is 344 g/mol. The van der Waals surface area contributed by atoms with Gasteiger partial charge in [0.15, 0.2) is 6.17 Å². The number of alkyl halides is 2. The van der Waals surface area contributed by atoms with Gasteiger partial charge in [0, 0.05) is 5.92 Å². The van der Waals surface area contributed by atoms with Gasteiger partial charge in [-0.1, -0.05) is 48.5 Å². The van der Waals surface area contributed by atoms with Crippen molar-refractivity contribution in [1.29, 1.82) is 0 Å². The SMILES string of the molecule is O=C(NC[C@@H](F)[C@@H](F)C(=O)O)OCC1c2ccccc2-c2ccccc21. The number of alkyl carbamates (subject to hydrolysis) is 1. The van der Waals surface area contributed by atoms with Gasteiger partial charge in [0.1, 0.15) is 6.61 Å². The van der Waals surface area contributed by atoms with E-state index in [-0.39, 0.29) is 12.5 Å². The van der Waals surface area contributed by atoms with Crippen molar-refractivity contribution in [3.8, 4) is 11.1 Å². The second-order valence-electron chi connectivity index (χ2n) is 5.96. The lowest BCUT2D eigenvalue weighted by molar-refractivity contribution is -0.145. The highest BCUT2D eigenvalue weighted by Crippen LogP contribution is 2.44. The molecule has 7 heteroatoms. The zero-order valence-electron chi connectivity index (χ0n) is 13.7. The van der Waals surface area contributed by atoms with Crippen LogP contribution in [0.5, 0.6) is 0 Å². The molecule has 1 amide bonds. The van der Waals surface area contributed by atoms with Crippen LogP contribution in [0.15, 0.2) is 48.5 Å². The van der Waals surface area contributed by atoms with Gasteiger partial charge in [-0.2, -0.15) is 0 Å². The van der Waals surface area contributed by atoms with Gasteiger partial charge in [0.2, 0.25) is 6.17 Å². The maximum atomic E-state index is 13.3. The number of carboxylic acids is 1. The molecule has 26 heavy (non-hydrogen) atoms. The molecule has 5 nitrogen and oxygen atoms in total. The number of amides is 1. The van der Waals surface area contributed by atoms with E-state index in [4.69, 9.17) is 9.84 Å². The first-order valence-electron chi connectivity index (χ1n) is 8.09. The molecule has 2 aromatic carbocycles. The van der Waals surface area contributed by atoms with E-state index in [2.05, 4.69) is 5.32 Å². The quantitative estimate of drug-likeness (QED) is 0.828. The number of nitrogens with one attached hydrogen (secondary N) is 1. The fourth-order valence-electron chi connectivity index (χ4n) is 3.09. The third-order valence-corrected chi connectivity index (χ3v) is 4.34. The predicted octanol–water partition coefficient (Wildman–Crippen LogP) is 3.29. The molecule has 0 radical (unpaired) electrons. The molecule has 2 N–H and O–H groups in total. The van der Waals surface area contributed by atoms with Crippen LogP contribution in [0.25, 0.3) is 11.1 Å². The number of rotatable bonds is 6. The Balaban J connectivity index is 1.61. The molecule has 136 valence electrons. The first-order chi connectivity index (χ1) is 12.5. The fraction of sp³-hybridized carbons (Fsp3) is 0.263. The first kappa shape index (κ1) is 17.8. The number of aliphatic carboxylic acids is 1. The molecule has 0 fully saturated rings. The number of benzene rings is 2. The first-order valence-corrected chi connectivity index (χ1v) is 8.09. The number of ether oxygens (including phenoxy) is 1. The lowest BCUT2D eigenvalue weighted by atomic mass is 9.98. The Morgan fingerprint density at radius 2 is 1.58 bits per heavy atom. The Morgan fingerprint density at radius 1 is 1.04 bits per heavy atom. The van der Waals surface area contributed by atoms with Crippen molar-refractivity contribution >= 4 is 12.1 Å². The van der Waals surface area contributed by atoms with Gasteiger partial charge in [0.05, 0.1) is 6.54 Å². The topological polar surface area (TPSA) is 75.6 Å². The van der Waals surface area contributed by atoms with Crippen LogP contribution in [-0.4, -0.2) is 42.7 Å². The zero-order valence-corrected chi connectivity index (χ0v) is 13.7. The summed E-state index contributed by atoms with van der Waals surface area (Å²) in [4.78, 5) is 22.1. The highest BCUT2D eigenvalue weighted by molar-refractivity contribution is 5.79. The minimum absolute atomic E-state index is 0.0365. The molecule has 0 saturated carbocycles. The van der Waals surface area contributed by atoms with Crippen LogP contribution in [0, 0.1) is 0 Å². The van der Waals surface area contributed by atoms with Gasteiger partial charge in [-0.15, -0.1) is 0 Å². The smallest absolute Gasteiger partial charge is 0.407 e. The monoisotopic (exact) mass is 361 g/mol. The average molecular weight is 361 g/mol. The van der Waals surface area contributed by atoms with Gasteiger partial charge in [-0.3, -0.25) is 0 Å². The summed E-state index contributed by atoms with van der Waals surface area (Å²) in [6.07, 6.45) is -5.95. The van der Waals surface area contributed by atoms with Crippen molar-refractivity contribution in [3.05, 3.63) is 59.7 Å². The summed E-state index contributed by atoms with van der Waals surface area (Å²) in [6.45, 7) is -0.737. The summed E-state index contributed by atoms with van der Waals surface area (Å²) < 4.78 is 31.4. The summed E-state index contributed by atoms with van der Waals surface area (Å²) in [7, 11) is 0. The standard InChI is InChI=1S/C19H17F2NO4/c20-16(17(21)18(23)24)9-22-19(25)26-10-15-13-7-3-1-5-11(13)12-6-2-4-8-14(12)15/h1-8,15-17H,9-10H2,(H,22,25)(H,23,24)/t16-,17-/m1/s1. The highest BCUT2D eigenvalue weighted by atomic mass is 19.2. The average Bonchev–Trinajstić information content (AvgIpc) is 2.97. The van der Waals surface area contributed by atoms with E-state index in [9.17, 15) is 18.4 Å². The second kappa shape index (κ2) is 7.51. The van der Waals surface area contributed by atoms with Gasteiger partial charge < -0.3 is 15.2 Å². The third-order valence-electron chi connectivity index (χ3n) is 4.34. The van der Waals surface area contributed by atoms with E-state index < -0.39 is 31.0 Å². The minimum Gasteiger partial charge on any atom is -0.479 e. The second-order valence-corrected chi connectivity index (χ2v) is 5.96.